The molecule has 0 amide bonds. The molecule has 86 valence electrons. The summed E-state index contributed by atoms with van der Waals surface area (Å²) in [6.45, 7) is 0. The molecule has 0 aliphatic heterocycles. The molecular weight excluding hydrogens is 224 g/mol. The van der Waals surface area contributed by atoms with E-state index in [9.17, 15) is 5.11 Å². The number of hydrogen-bond acceptors (Lipinski definition) is 2. The van der Waals surface area contributed by atoms with Gasteiger partial charge in [0.05, 0.1) is 12.1 Å². The Morgan fingerprint density at radius 1 is 1.44 bits per heavy atom. The fourth-order valence-corrected chi connectivity index (χ4v) is 2.22. The minimum atomic E-state index is -0.865. The molecule has 0 aromatic heterocycles. The van der Waals surface area contributed by atoms with E-state index in [1.54, 1.807) is 19.2 Å². The normalized spacial score (nSPS) is 24.4. The Morgan fingerprint density at radius 2 is 2.25 bits per heavy atom. The standard InChI is InChI=1S/C13H15ClO2/c1-16-12-9-10(5-6-11(12)14)13(15)7-3-2-4-8-13/h3,5-7,9,15H,2,4,8H2,1H3. The summed E-state index contributed by atoms with van der Waals surface area (Å²) in [5, 5.41) is 11.0. The molecule has 1 aliphatic rings. The van der Waals surface area contributed by atoms with Crippen LogP contribution in [0.15, 0.2) is 30.4 Å². The Hall–Kier alpha value is -0.990. The molecule has 1 N–H and O–H groups in total. The van der Waals surface area contributed by atoms with E-state index >= 15 is 0 Å². The Labute approximate surface area is 101 Å². The SMILES string of the molecule is COc1cc(C2(O)C=CCCC2)ccc1Cl. The average Bonchev–Trinajstić information content (AvgIpc) is 2.30. The van der Waals surface area contributed by atoms with Gasteiger partial charge in [-0.15, -0.1) is 0 Å². The van der Waals surface area contributed by atoms with Crippen LogP contribution in [-0.4, -0.2) is 12.2 Å². The first-order chi connectivity index (χ1) is 7.65. The van der Waals surface area contributed by atoms with Gasteiger partial charge < -0.3 is 9.84 Å². The summed E-state index contributed by atoms with van der Waals surface area (Å²) >= 11 is 5.96. The smallest absolute Gasteiger partial charge is 0.137 e. The lowest BCUT2D eigenvalue weighted by Gasteiger charge is -2.28. The summed E-state index contributed by atoms with van der Waals surface area (Å²) in [6.07, 6.45) is 6.66. The van der Waals surface area contributed by atoms with E-state index < -0.39 is 5.60 Å². The largest absolute Gasteiger partial charge is 0.495 e. The van der Waals surface area contributed by atoms with Gasteiger partial charge in [0, 0.05) is 0 Å². The maximum Gasteiger partial charge on any atom is 0.137 e. The number of benzene rings is 1. The van der Waals surface area contributed by atoms with Crippen molar-refractivity contribution >= 4 is 11.6 Å². The number of rotatable bonds is 2. The lowest BCUT2D eigenvalue weighted by Crippen LogP contribution is -2.24. The van der Waals surface area contributed by atoms with Gasteiger partial charge in [-0.1, -0.05) is 29.8 Å². The minimum Gasteiger partial charge on any atom is -0.495 e. The van der Waals surface area contributed by atoms with Gasteiger partial charge in [-0.25, -0.2) is 0 Å². The van der Waals surface area contributed by atoms with Crippen LogP contribution in [0.5, 0.6) is 5.75 Å². The summed E-state index contributed by atoms with van der Waals surface area (Å²) in [6, 6.07) is 5.41. The molecule has 16 heavy (non-hydrogen) atoms. The topological polar surface area (TPSA) is 29.5 Å². The highest BCUT2D eigenvalue weighted by Gasteiger charge is 2.28. The Balaban J connectivity index is 2.39. The van der Waals surface area contributed by atoms with Gasteiger partial charge in [-0.2, -0.15) is 0 Å². The van der Waals surface area contributed by atoms with Crippen LogP contribution in [0.2, 0.25) is 5.02 Å². The van der Waals surface area contributed by atoms with Crippen molar-refractivity contribution in [1.82, 2.24) is 0 Å². The Bertz CT molecular complexity index is 414. The van der Waals surface area contributed by atoms with Crippen molar-refractivity contribution in [3.8, 4) is 5.75 Å². The zero-order valence-electron chi connectivity index (χ0n) is 9.24. The van der Waals surface area contributed by atoms with Crippen LogP contribution in [0, 0.1) is 0 Å². The fourth-order valence-electron chi connectivity index (χ4n) is 2.02. The number of methoxy groups -OCH3 is 1. The van der Waals surface area contributed by atoms with Crippen molar-refractivity contribution in [3.63, 3.8) is 0 Å². The Kier molecular flexibility index (Phi) is 3.22. The molecule has 2 nitrogen and oxygen atoms in total. The van der Waals surface area contributed by atoms with E-state index in [4.69, 9.17) is 16.3 Å². The van der Waals surface area contributed by atoms with E-state index in [1.807, 2.05) is 18.2 Å². The molecule has 0 saturated carbocycles. The van der Waals surface area contributed by atoms with Gasteiger partial charge in [0.2, 0.25) is 0 Å². The predicted molar refractivity (Wildman–Crippen MR) is 64.9 cm³/mol. The molecule has 2 rings (SSSR count). The second kappa shape index (κ2) is 4.48. The van der Waals surface area contributed by atoms with Crippen LogP contribution in [0.25, 0.3) is 0 Å². The number of hydrogen-bond donors (Lipinski definition) is 1. The van der Waals surface area contributed by atoms with Crippen LogP contribution < -0.4 is 4.74 Å². The molecule has 1 aromatic carbocycles. The molecule has 1 atom stereocenters. The second-order valence-electron chi connectivity index (χ2n) is 4.07. The summed E-state index contributed by atoms with van der Waals surface area (Å²) < 4.78 is 5.15. The molecule has 1 aromatic rings. The fraction of sp³-hybridized carbons (Fsp3) is 0.385. The van der Waals surface area contributed by atoms with Gasteiger partial charge >= 0.3 is 0 Å². The first-order valence-electron chi connectivity index (χ1n) is 5.40. The summed E-state index contributed by atoms with van der Waals surface area (Å²) in [4.78, 5) is 0. The van der Waals surface area contributed by atoms with E-state index in [0.29, 0.717) is 10.8 Å². The number of aliphatic hydroxyl groups is 1. The molecule has 0 radical (unpaired) electrons. The zero-order valence-corrected chi connectivity index (χ0v) is 10.00. The maximum atomic E-state index is 10.5. The lowest BCUT2D eigenvalue weighted by atomic mass is 9.85. The molecule has 0 heterocycles. The van der Waals surface area contributed by atoms with Crippen LogP contribution in [0.4, 0.5) is 0 Å². The highest BCUT2D eigenvalue weighted by atomic mass is 35.5. The first-order valence-corrected chi connectivity index (χ1v) is 5.77. The van der Waals surface area contributed by atoms with E-state index in [0.717, 1.165) is 24.8 Å². The molecule has 1 unspecified atom stereocenters. The molecular formula is C13H15ClO2. The number of halogens is 1. The summed E-state index contributed by atoms with van der Waals surface area (Å²) in [7, 11) is 1.58. The Morgan fingerprint density at radius 3 is 2.88 bits per heavy atom. The zero-order chi connectivity index (χ0) is 11.6. The quantitative estimate of drug-likeness (QED) is 0.802. The monoisotopic (exact) mass is 238 g/mol. The van der Waals surface area contributed by atoms with E-state index in [1.165, 1.54) is 0 Å². The third kappa shape index (κ3) is 2.08. The summed E-state index contributed by atoms with van der Waals surface area (Å²) in [5.41, 5.74) is -0.0273. The molecule has 1 aliphatic carbocycles. The van der Waals surface area contributed by atoms with Crippen LogP contribution in [0.3, 0.4) is 0 Å². The van der Waals surface area contributed by atoms with Crippen LogP contribution >= 0.6 is 11.6 Å². The minimum absolute atomic E-state index is 0.564. The molecule has 0 spiro atoms. The predicted octanol–water partition coefficient (Wildman–Crippen LogP) is 3.28. The third-order valence-electron chi connectivity index (χ3n) is 2.97. The van der Waals surface area contributed by atoms with Crippen molar-refractivity contribution in [2.75, 3.05) is 7.11 Å². The number of allylic oxidation sites excluding steroid dienone is 1. The van der Waals surface area contributed by atoms with Gasteiger partial charge in [0.1, 0.15) is 11.4 Å². The molecule has 3 heteroatoms. The van der Waals surface area contributed by atoms with Crippen molar-refractivity contribution < 1.29 is 9.84 Å². The number of ether oxygens (including phenoxy) is 1. The summed E-state index contributed by atoms with van der Waals surface area (Å²) in [5.74, 6) is 0.603. The molecule has 0 bridgehead atoms. The maximum absolute atomic E-state index is 10.5. The highest BCUT2D eigenvalue weighted by molar-refractivity contribution is 6.32. The lowest BCUT2D eigenvalue weighted by molar-refractivity contribution is 0.0724. The molecule has 0 fully saturated rings. The van der Waals surface area contributed by atoms with Crippen molar-refractivity contribution in [2.45, 2.75) is 24.9 Å². The second-order valence-corrected chi connectivity index (χ2v) is 4.48. The van der Waals surface area contributed by atoms with Crippen LogP contribution in [-0.2, 0) is 5.60 Å². The molecule has 0 saturated heterocycles. The van der Waals surface area contributed by atoms with Gasteiger partial charge in [0.25, 0.3) is 0 Å². The van der Waals surface area contributed by atoms with Crippen molar-refractivity contribution in [3.05, 3.63) is 40.9 Å². The third-order valence-corrected chi connectivity index (χ3v) is 3.29. The van der Waals surface area contributed by atoms with Gasteiger partial charge in [-0.3, -0.25) is 0 Å². The average molecular weight is 239 g/mol. The highest BCUT2D eigenvalue weighted by Crippen LogP contribution is 2.36. The van der Waals surface area contributed by atoms with Crippen molar-refractivity contribution in [1.29, 1.82) is 0 Å². The van der Waals surface area contributed by atoms with E-state index in [-0.39, 0.29) is 0 Å². The first kappa shape index (κ1) is 11.5. The van der Waals surface area contributed by atoms with Crippen molar-refractivity contribution in [2.24, 2.45) is 0 Å². The van der Waals surface area contributed by atoms with E-state index in [2.05, 4.69) is 0 Å². The van der Waals surface area contributed by atoms with Gasteiger partial charge in [0.15, 0.2) is 0 Å². The van der Waals surface area contributed by atoms with Crippen LogP contribution in [0.1, 0.15) is 24.8 Å². The van der Waals surface area contributed by atoms with Gasteiger partial charge in [-0.05, 0) is 37.0 Å².